The molecule has 4 aliphatic heterocycles. The lowest BCUT2D eigenvalue weighted by Gasteiger charge is -2.32. The van der Waals surface area contributed by atoms with E-state index in [9.17, 15) is 85.3 Å². The molecule has 37 heteroatoms. The van der Waals surface area contributed by atoms with E-state index in [1.165, 1.54) is 41.7 Å². The number of rotatable bonds is 27. The molecule has 0 saturated carbocycles. The monoisotopic (exact) mass is 1540 g/mol. The Hall–Kier alpha value is -12.1. The van der Waals surface area contributed by atoms with Gasteiger partial charge in [0.1, 0.15) is 35.4 Å². The van der Waals surface area contributed by atoms with E-state index >= 15 is 0 Å². The third-order valence-electron chi connectivity index (χ3n) is 18.9. The van der Waals surface area contributed by atoms with Crippen molar-refractivity contribution < 1.29 is 83.7 Å². The van der Waals surface area contributed by atoms with Gasteiger partial charge in [0.15, 0.2) is 0 Å². The molecule has 4 aliphatic rings. The smallest absolute Gasteiger partial charge is 0.317 e. The van der Waals surface area contributed by atoms with Crippen LogP contribution in [-0.4, -0.2) is 265 Å². The number of benzene rings is 3. The lowest BCUT2D eigenvalue weighted by atomic mass is 10.1. The maximum atomic E-state index is 14.1. The molecule has 10 rings (SSSR count). The van der Waals surface area contributed by atoms with Gasteiger partial charge < -0.3 is 80.8 Å². The number of fused-ring (bicyclic) bond motifs is 3. The molecular formula is C74H83F6N19O12. The first-order valence-corrected chi connectivity index (χ1v) is 36.2. The Morgan fingerprint density at radius 3 is 0.991 bits per heavy atom. The molecule has 3 atom stereocenters. The minimum atomic E-state index is -3.23. The molecule has 0 aliphatic carbocycles. The number of hydrogen-bond acceptors (Lipinski definition) is 19. The standard InChI is InChI=1S/C74H83F6N19O12/c75-72(76)36-48(39-81)97(45-72)63(100)42-91-66(103)54-13-19-85-60-10-7-51(33-57(54)60)109-30-4-1-16-88-69(106)94-24-22-84-23-25-95(70(107)89-17-2-5-31-110-52-8-11-61-58(34-52)55(14-20-86-61)67(104)92-43-64(101)98-46-73(77,78)37-49(98)40-82)27-29-96(28-26-94)71(108)90-18-3-6-32-111-53-9-12-62-59(35-53)56(15-21-87-62)68(105)93-44-65(102)99-47-74(79,80)38-50(99)41-83/h7-15,19-21,33-35,48-50,84H,1-6,16-18,22-32,36-38,42-47H2,(H,88,106)(H,89,107)(H,90,108)(H,91,103)(H,92,104)(H,93,105)/t48-,49-,50-/m0/s1. The number of alkyl halides is 6. The summed E-state index contributed by atoms with van der Waals surface area (Å²) in [7, 11) is 0. The van der Waals surface area contributed by atoms with E-state index in [1.807, 2.05) is 0 Å². The van der Waals surface area contributed by atoms with Crippen LogP contribution in [0.15, 0.2) is 91.4 Å². The molecule has 3 aromatic heterocycles. The van der Waals surface area contributed by atoms with Crippen molar-refractivity contribution in [2.45, 2.75) is 93.7 Å². The second-order valence-electron chi connectivity index (χ2n) is 26.9. The van der Waals surface area contributed by atoms with Crippen molar-refractivity contribution in [2.24, 2.45) is 0 Å². The second-order valence-corrected chi connectivity index (χ2v) is 26.9. The Balaban J connectivity index is 0.697. The summed E-state index contributed by atoms with van der Waals surface area (Å²) in [4.78, 5) is 140. The molecule has 0 unspecified atom stereocenters. The molecule has 0 bridgehead atoms. The molecule has 0 radical (unpaired) electrons. The number of hydrogen-bond donors (Lipinski definition) is 7. The Kier molecular flexibility index (Phi) is 27.8. The number of pyridine rings is 3. The summed E-state index contributed by atoms with van der Waals surface area (Å²) in [6.45, 7) is -1.79. The van der Waals surface area contributed by atoms with Gasteiger partial charge in [-0.3, -0.25) is 43.7 Å². The van der Waals surface area contributed by atoms with Crippen LogP contribution in [0.5, 0.6) is 17.2 Å². The van der Waals surface area contributed by atoms with Crippen LogP contribution in [0.4, 0.5) is 40.7 Å². The van der Waals surface area contributed by atoms with E-state index < -0.39 is 136 Å². The summed E-state index contributed by atoms with van der Waals surface area (Å²) in [5.41, 5.74) is 1.75. The lowest BCUT2D eigenvalue weighted by Crippen LogP contribution is -2.53. The number of carbonyl (C=O) groups excluding carboxylic acids is 9. The third kappa shape index (κ3) is 22.3. The average molecular weight is 1540 g/mol. The van der Waals surface area contributed by atoms with Crippen LogP contribution in [0.1, 0.15) is 88.9 Å². The van der Waals surface area contributed by atoms with Crippen LogP contribution in [-0.2, 0) is 14.4 Å². The normalized spacial score (nSPS) is 18.1. The Labute approximate surface area is 633 Å². The predicted octanol–water partition coefficient (Wildman–Crippen LogP) is 5.32. The molecular weight excluding hydrogens is 1460 g/mol. The molecule has 4 fully saturated rings. The van der Waals surface area contributed by atoms with E-state index in [2.05, 4.69) is 52.2 Å². The van der Waals surface area contributed by atoms with Crippen LogP contribution in [0.3, 0.4) is 0 Å². The lowest BCUT2D eigenvalue weighted by molar-refractivity contribution is -0.132. The van der Waals surface area contributed by atoms with Crippen LogP contribution >= 0.6 is 0 Å². The highest BCUT2D eigenvalue weighted by Crippen LogP contribution is 2.35. The summed E-state index contributed by atoms with van der Waals surface area (Å²) in [6.07, 6.45) is 4.72. The van der Waals surface area contributed by atoms with E-state index in [0.717, 1.165) is 14.7 Å². The summed E-state index contributed by atoms with van der Waals surface area (Å²) in [6, 6.07) is 19.0. The highest BCUT2D eigenvalue weighted by Gasteiger charge is 2.49. The number of amides is 12. The Morgan fingerprint density at radius 2 is 0.703 bits per heavy atom. The van der Waals surface area contributed by atoms with E-state index in [0.29, 0.717) is 102 Å². The number of ether oxygens (including phenoxy) is 3. The average Bonchev–Trinajstić information content (AvgIpc) is 1.73. The van der Waals surface area contributed by atoms with Gasteiger partial charge in [-0.1, -0.05) is 0 Å². The summed E-state index contributed by atoms with van der Waals surface area (Å²) in [5.74, 6) is -13.0. The molecule has 0 spiro atoms. The Morgan fingerprint density at radius 1 is 0.414 bits per heavy atom. The number of urea groups is 3. The maximum absolute atomic E-state index is 14.1. The number of unbranched alkanes of at least 4 members (excludes halogenated alkanes) is 3. The molecule has 31 nitrogen and oxygen atoms in total. The maximum Gasteiger partial charge on any atom is 0.317 e. The molecule has 111 heavy (non-hydrogen) atoms. The molecule has 6 aromatic rings. The van der Waals surface area contributed by atoms with Gasteiger partial charge in [0, 0.05) is 126 Å². The van der Waals surface area contributed by atoms with Crippen molar-refractivity contribution in [3.8, 4) is 35.5 Å². The van der Waals surface area contributed by atoms with Crippen molar-refractivity contribution in [3.63, 3.8) is 0 Å². The predicted molar refractivity (Wildman–Crippen MR) is 386 cm³/mol. The molecule has 12 amide bonds. The van der Waals surface area contributed by atoms with Gasteiger partial charge in [-0.25, -0.2) is 40.7 Å². The molecule has 588 valence electrons. The van der Waals surface area contributed by atoms with E-state index in [4.69, 9.17) is 14.2 Å². The minimum absolute atomic E-state index is 0.0713. The summed E-state index contributed by atoms with van der Waals surface area (Å²) < 4.78 is 102. The number of nitrogens with zero attached hydrogens (tertiary/aromatic N) is 12. The third-order valence-corrected chi connectivity index (χ3v) is 18.9. The number of nitriles is 3. The quantitative estimate of drug-likeness (QED) is 0.0253. The van der Waals surface area contributed by atoms with Crippen molar-refractivity contribution >= 4 is 86.2 Å². The number of halogens is 6. The highest BCUT2D eigenvalue weighted by atomic mass is 19.3. The first-order valence-electron chi connectivity index (χ1n) is 36.2. The zero-order chi connectivity index (χ0) is 79.2. The first kappa shape index (κ1) is 81.4. The van der Waals surface area contributed by atoms with E-state index in [-0.39, 0.29) is 107 Å². The SMILES string of the molecule is N#C[C@@H]1CC(F)(F)CN1C(=O)CNC(=O)c1ccnc2ccc(OCCCCNC(=O)N3CCNCCN(C(=O)NCCCCOc4ccc5nccc(C(=O)NCC(=O)N6CC(F)(F)C[C@H]6C#N)c5c4)CCN(C(=O)NCCCCOc4ccc5nccc(C(=O)NCC(=O)N6CC(F)(F)C[C@H]6C#N)c5c4)CC3)cc12. The zero-order valence-corrected chi connectivity index (χ0v) is 60.4. The summed E-state index contributed by atoms with van der Waals surface area (Å²) in [5, 5.41) is 48.7. The second kappa shape index (κ2) is 37.8. The molecule has 7 heterocycles. The van der Waals surface area contributed by atoms with Gasteiger partial charge >= 0.3 is 18.1 Å². The largest absolute Gasteiger partial charge is 0.494 e. The van der Waals surface area contributed by atoms with Crippen LogP contribution in [0.25, 0.3) is 32.7 Å². The van der Waals surface area contributed by atoms with Gasteiger partial charge in [0.2, 0.25) is 17.7 Å². The number of aromatic nitrogens is 3. The van der Waals surface area contributed by atoms with Crippen molar-refractivity contribution in [3.05, 3.63) is 108 Å². The van der Waals surface area contributed by atoms with Gasteiger partial charge in [-0.15, -0.1) is 0 Å². The van der Waals surface area contributed by atoms with Crippen molar-refractivity contribution in [1.82, 2.24) is 81.6 Å². The van der Waals surface area contributed by atoms with Gasteiger partial charge in [-0.05, 0) is 111 Å². The van der Waals surface area contributed by atoms with Gasteiger partial charge in [-0.2, -0.15) is 15.8 Å². The number of carbonyl (C=O) groups is 9. The fraction of sp³-hybridized carbons (Fsp3) is 0.473. The molecule has 4 saturated heterocycles. The fourth-order valence-corrected chi connectivity index (χ4v) is 13.0. The number of likely N-dealkylation sites (tertiary alicyclic amines) is 3. The van der Waals surface area contributed by atoms with Gasteiger partial charge in [0.25, 0.3) is 35.5 Å². The van der Waals surface area contributed by atoms with Crippen LogP contribution < -0.4 is 51.4 Å². The minimum Gasteiger partial charge on any atom is -0.494 e. The Bertz CT molecular complexity index is 4350. The van der Waals surface area contributed by atoms with Crippen LogP contribution in [0, 0.1) is 34.0 Å². The van der Waals surface area contributed by atoms with Gasteiger partial charge in [0.05, 0.1) is 111 Å². The molecule has 3 aromatic carbocycles. The van der Waals surface area contributed by atoms with Crippen molar-refractivity contribution in [1.29, 1.82) is 15.8 Å². The topological polar surface area (TPSA) is 395 Å². The van der Waals surface area contributed by atoms with Crippen LogP contribution in [0.2, 0.25) is 0 Å². The fourth-order valence-electron chi connectivity index (χ4n) is 13.0. The zero-order valence-electron chi connectivity index (χ0n) is 60.4. The van der Waals surface area contributed by atoms with E-state index in [1.54, 1.807) is 82.6 Å². The number of nitrogens with one attached hydrogen (secondary N) is 7. The van der Waals surface area contributed by atoms with Crippen molar-refractivity contribution in [2.75, 3.05) is 131 Å². The first-order chi connectivity index (χ1) is 53.3. The summed E-state index contributed by atoms with van der Waals surface area (Å²) >= 11 is 0. The highest BCUT2D eigenvalue weighted by molar-refractivity contribution is 6.09. The molecule has 7 N–H and O–H groups in total.